The molecule has 6 atom stereocenters. The van der Waals surface area contributed by atoms with Gasteiger partial charge < -0.3 is 34.6 Å². The minimum atomic E-state index is -1.43. The van der Waals surface area contributed by atoms with Crippen LogP contribution in [0.3, 0.4) is 0 Å². The zero-order valence-electron chi connectivity index (χ0n) is 16.9. The van der Waals surface area contributed by atoms with E-state index in [1.54, 1.807) is 12.1 Å². The van der Waals surface area contributed by atoms with Crippen molar-refractivity contribution in [1.29, 1.82) is 0 Å². The summed E-state index contributed by atoms with van der Waals surface area (Å²) >= 11 is 6.49. The Bertz CT molecular complexity index is 867. The second kappa shape index (κ2) is 9.83. The van der Waals surface area contributed by atoms with Crippen LogP contribution >= 0.6 is 11.6 Å². The predicted octanol–water partition coefficient (Wildman–Crippen LogP) is 1.61. The molecule has 0 unspecified atom stereocenters. The SMILES string of the molecule is OC[C@@H]1O[C@@H](c2ccc(Cc3ccc(O[C@@H]4CCOC4)cc3)c(Cl)c2)[C@@H](O)[C@H](O)[C@@H]1O. The molecule has 168 valence electrons. The first-order valence-corrected chi connectivity index (χ1v) is 10.8. The number of rotatable bonds is 6. The van der Waals surface area contributed by atoms with Gasteiger partial charge in [-0.05, 0) is 41.3 Å². The third-order valence-corrected chi connectivity index (χ3v) is 6.16. The predicted molar refractivity (Wildman–Crippen MR) is 113 cm³/mol. The van der Waals surface area contributed by atoms with E-state index in [4.69, 9.17) is 25.8 Å². The highest BCUT2D eigenvalue weighted by Crippen LogP contribution is 2.34. The van der Waals surface area contributed by atoms with Gasteiger partial charge in [-0.2, -0.15) is 0 Å². The second-order valence-corrected chi connectivity index (χ2v) is 8.43. The second-order valence-electron chi connectivity index (χ2n) is 8.02. The van der Waals surface area contributed by atoms with Gasteiger partial charge in [0.2, 0.25) is 0 Å². The number of aliphatic hydroxyl groups excluding tert-OH is 4. The van der Waals surface area contributed by atoms with Crippen molar-refractivity contribution in [2.75, 3.05) is 19.8 Å². The molecule has 2 aliphatic rings. The fourth-order valence-corrected chi connectivity index (χ4v) is 4.22. The first kappa shape index (κ1) is 22.5. The van der Waals surface area contributed by atoms with Gasteiger partial charge in [0.15, 0.2) is 0 Å². The average Bonchev–Trinajstić information content (AvgIpc) is 3.28. The van der Waals surface area contributed by atoms with Gasteiger partial charge in [-0.3, -0.25) is 0 Å². The van der Waals surface area contributed by atoms with E-state index < -0.39 is 37.1 Å². The Morgan fingerprint density at radius 3 is 2.42 bits per heavy atom. The summed E-state index contributed by atoms with van der Waals surface area (Å²) in [6, 6.07) is 13.2. The first-order valence-electron chi connectivity index (χ1n) is 10.4. The Morgan fingerprint density at radius 2 is 1.77 bits per heavy atom. The normalized spacial score (nSPS) is 31.0. The van der Waals surface area contributed by atoms with E-state index in [0.717, 1.165) is 29.9 Å². The number of hydrogen-bond acceptors (Lipinski definition) is 7. The molecule has 0 aromatic heterocycles. The fourth-order valence-electron chi connectivity index (χ4n) is 3.97. The fraction of sp³-hybridized carbons (Fsp3) is 0.478. The van der Waals surface area contributed by atoms with Gasteiger partial charge in [0.1, 0.15) is 42.4 Å². The maximum absolute atomic E-state index is 10.3. The molecule has 0 spiro atoms. The van der Waals surface area contributed by atoms with Crippen molar-refractivity contribution in [3.05, 3.63) is 64.2 Å². The standard InChI is InChI=1S/C23H27ClO7/c24-18-10-15(23-22(28)21(27)20(26)19(11-25)31-23)4-3-14(18)9-13-1-5-16(6-2-13)30-17-7-8-29-12-17/h1-6,10,17,19-23,25-28H,7-9,11-12H2/t17-,19+,20-,21-,22+,23+/m1/s1. The van der Waals surface area contributed by atoms with Crippen LogP contribution < -0.4 is 4.74 Å². The summed E-state index contributed by atoms with van der Waals surface area (Å²) in [6.45, 7) is 0.888. The van der Waals surface area contributed by atoms with Crippen LogP contribution in [0.5, 0.6) is 5.75 Å². The van der Waals surface area contributed by atoms with Crippen LogP contribution in [0.15, 0.2) is 42.5 Å². The number of hydrogen-bond donors (Lipinski definition) is 4. The molecule has 2 aromatic rings. The molecule has 0 saturated carbocycles. The highest BCUT2D eigenvalue weighted by Gasteiger charge is 2.44. The van der Waals surface area contributed by atoms with Gasteiger partial charge in [-0.1, -0.05) is 35.9 Å². The first-order chi connectivity index (χ1) is 15.0. The molecule has 7 nitrogen and oxygen atoms in total. The van der Waals surface area contributed by atoms with Crippen molar-refractivity contribution in [1.82, 2.24) is 0 Å². The van der Waals surface area contributed by atoms with Crippen molar-refractivity contribution >= 4 is 11.6 Å². The highest BCUT2D eigenvalue weighted by molar-refractivity contribution is 6.31. The van der Waals surface area contributed by atoms with Crippen LogP contribution in [-0.2, 0) is 15.9 Å². The van der Waals surface area contributed by atoms with Crippen LogP contribution in [0.4, 0.5) is 0 Å². The van der Waals surface area contributed by atoms with Crippen molar-refractivity contribution in [2.24, 2.45) is 0 Å². The molecule has 2 aliphatic heterocycles. The lowest BCUT2D eigenvalue weighted by Gasteiger charge is -2.40. The number of benzene rings is 2. The van der Waals surface area contributed by atoms with Crippen LogP contribution in [0.25, 0.3) is 0 Å². The minimum absolute atomic E-state index is 0.107. The molecular formula is C23H27ClO7. The monoisotopic (exact) mass is 450 g/mol. The summed E-state index contributed by atoms with van der Waals surface area (Å²) in [6.07, 6.45) is -4.40. The van der Waals surface area contributed by atoms with Crippen LogP contribution in [0, 0.1) is 0 Å². The molecular weight excluding hydrogens is 424 g/mol. The topological polar surface area (TPSA) is 109 Å². The van der Waals surface area contributed by atoms with Gasteiger partial charge >= 0.3 is 0 Å². The number of halogens is 1. The Hall–Kier alpha value is -1.71. The Labute approximate surface area is 185 Å². The third kappa shape index (κ3) is 5.04. The smallest absolute Gasteiger partial charge is 0.124 e. The number of aliphatic hydroxyl groups is 4. The van der Waals surface area contributed by atoms with E-state index in [-0.39, 0.29) is 6.10 Å². The molecule has 0 radical (unpaired) electrons. The molecule has 4 N–H and O–H groups in total. The summed E-state index contributed by atoms with van der Waals surface area (Å²) in [7, 11) is 0. The van der Waals surface area contributed by atoms with E-state index >= 15 is 0 Å². The lowest BCUT2D eigenvalue weighted by atomic mass is 9.90. The zero-order chi connectivity index (χ0) is 22.0. The maximum atomic E-state index is 10.3. The van der Waals surface area contributed by atoms with Gasteiger partial charge in [-0.25, -0.2) is 0 Å². The van der Waals surface area contributed by atoms with Crippen LogP contribution in [0.2, 0.25) is 5.02 Å². The van der Waals surface area contributed by atoms with Crippen LogP contribution in [-0.4, -0.2) is 70.8 Å². The molecule has 0 aliphatic carbocycles. The summed E-state index contributed by atoms with van der Waals surface area (Å²) in [5.74, 6) is 0.809. The zero-order valence-corrected chi connectivity index (χ0v) is 17.7. The Morgan fingerprint density at radius 1 is 1.00 bits per heavy atom. The lowest BCUT2D eigenvalue weighted by Crippen LogP contribution is -2.55. The summed E-state index contributed by atoms with van der Waals surface area (Å²) in [5, 5.41) is 40.2. The molecule has 2 aromatic carbocycles. The molecule has 0 bridgehead atoms. The third-order valence-electron chi connectivity index (χ3n) is 5.81. The quantitative estimate of drug-likeness (QED) is 0.529. The maximum Gasteiger partial charge on any atom is 0.124 e. The van der Waals surface area contributed by atoms with Crippen molar-refractivity contribution in [3.63, 3.8) is 0 Å². The van der Waals surface area contributed by atoms with E-state index in [1.807, 2.05) is 30.3 Å². The molecule has 2 fully saturated rings. The molecule has 2 heterocycles. The van der Waals surface area contributed by atoms with Crippen LogP contribution in [0.1, 0.15) is 29.2 Å². The molecule has 2 saturated heterocycles. The van der Waals surface area contributed by atoms with Gasteiger partial charge in [0, 0.05) is 11.4 Å². The molecule has 8 heteroatoms. The van der Waals surface area contributed by atoms with E-state index in [9.17, 15) is 20.4 Å². The van der Waals surface area contributed by atoms with Gasteiger partial charge in [-0.15, -0.1) is 0 Å². The summed E-state index contributed by atoms with van der Waals surface area (Å²) in [4.78, 5) is 0. The summed E-state index contributed by atoms with van der Waals surface area (Å²) < 4.78 is 16.8. The number of ether oxygens (including phenoxy) is 3. The van der Waals surface area contributed by atoms with E-state index in [2.05, 4.69) is 0 Å². The van der Waals surface area contributed by atoms with Crippen molar-refractivity contribution in [3.8, 4) is 5.75 Å². The highest BCUT2D eigenvalue weighted by atomic mass is 35.5. The Kier molecular flexibility index (Phi) is 7.13. The minimum Gasteiger partial charge on any atom is -0.488 e. The van der Waals surface area contributed by atoms with Crippen molar-refractivity contribution in [2.45, 2.75) is 49.5 Å². The van der Waals surface area contributed by atoms with Gasteiger partial charge in [0.05, 0.1) is 19.8 Å². The average molecular weight is 451 g/mol. The molecule has 4 rings (SSSR count). The lowest BCUT2D eigenvalue weighted by molar-refractivity contribution is -0.231. The van der Waals surface area contributed by atoms with Gasteiger partial charge in [0.25, 0.3) is 0 Å². The molecule has 31 heavy (non-hydrogen) atoms. The Balaban J connectivity index is 1.44. The largest absolute Gasteiger partial charge is 0.488 e. The van der Waals surface area contributed by atoms with Crippen molar-refractivity contribution < 1.29 is 34.6 Å². The molecule has 0 amide bonds. The summed E-state index contributed by atoms with van der Waals surface area (Å²) in [5.41, 5.74) is 2.53. The van der Waals surface area contributed by atoms with E-state index in [1.165, 1.54) is 0 Å². The van der Waals surface area contributed by atoms with E-state index in [0.29, 0.717) is 23.6 Å².